The van der Waals surface area contributed by atoms with Gasteiger partial charge in [-0.2, -0.15) is 73.9 Å². The van der Waals surface area contributed by atoms with Gasteiger partial charge in [-0.05, 0) is 12.8 Å². The smallest absolute Gasteiger partial charge is 0.857 e. The fourth-order valence-electron chi connectivity index (χ4n) is 4.00. The molecule has 0 unspecified atom stereocenters. The second-order valence-electron chi connectivity index (χ2n) is 6.79. The van der Waals surface area contributed by atoms with Crippen LogP contribution >= 0.6 is 0 Å². The zero-order valence-corrected chi connectivity index (χ0v) is 19.4. The largest absolute Gasteiger partial charge is 4.00 e. The average molecular weight is 440 g/mol. The van der Waals surface area contributed by atoms with E-state index in [-0.39, 0.29) is 21.7 Å². The fraction of sp³-hybridized carbons (Fsp3) is 0.143. The van der Waals surface area contributed by atoms with Gasteiger partial charge in [-0.25, -0.2) is 0 Å². The SMILES string of the molecule is C[O-].C[O-].[Ti+4].[c-]1cccc2c1Cc1ccccc1-2.[c-]1cccc2c1Cc1ccccc1-2. The number of fused-ring (bicyclic) bond motifs is 6. The Labute approximate surface area is 200 Å². The molecule has 31 heavy (non-hydrogen) atoms. The molecule has 0 saturated carbocycles. The number of hydrogen-bond donors (Lipinski definition) is 0. The van der Waals surface area contributed by atoms with Crippen LogP contribution in [0.4, 0.5) is 0 Å². The zero-order chi connectivity index (χ0) is 21.3. The second kappa shape index (κ2) is 12.4. The van der Waals surface area contributed by atoms with Crippen LogP contribution in [-0.2, 0) is 34.6 Å². The predicted octanol–water partition coefficient (Wildman–Crippen LogP) is 4.07. The van der Waals surface area contributed by atoms with Gasteiger partial charge in [0.1, 0.15) is 0 Å². The first-order valence-electron chi connectivity index (χ1n) is 9.87. The summed E-state index contributed by atoms with van der Waals surface area (Å²) in [5, 5.41) is 16.5. The molecule has 2 nitrogen and oxygen atoms in total. The van der Waals surface area contributed by atoms with Gasteiger partial charge in [0.25, 0.3) is 0 Å². The van der Waals surface area contributed by atoms with Crippen LogP contribution in [0.1, 0.15) is 22.3 Å². The number of benzene rings is 4. The summed E-state index contributed by atoms with van der Waals surface area (Å²) in [7, 11) is 1.50. The molecule has 0 bridgehead atoms. The van der Waals surface area contributed by atoms with Crippen molar-refractivity contribution in [3.05, 3.63) is 119 Å². The number of rotatable bonds is 0. The first kappa shape index (κ1) is 24.8. The third-order valence-corrected chi connectivity index (χ3v) is 5.23. The Morgan fingerprint density at radius 3 is 1.29 bits per heavy atom. The second-order valence-corrected chi connectivity index (χ2v) is 6.79. The molecule has 0 N–H and O–H groups in total. The number of hydrogen-bond acceptors (Lipinski definition) is 2. The van der Waals surface area contributed by atoms with Gasteiger partial charge in [0.2, 0.25) is 0 Å². The van der Waals surface area contributed by atoms with E-state index in [1.807, 2.05) is 12.1 Å². The Morgan fingerprint density at radius 2 is 0.871 bits per heavy atom. The minimum absolute atomic E-state index is 0. The molecule has 2 aliphatic carbocycles. The molecule has 0 aromatic heterocycles. The summed E-state index contributed by atoms with van der Waals surface area (Å²) in [6.07, 6.45) is 2.10. The normalized spacial score (nSPS) is 10.7. The van der Waals surface area contributed by atoms with Crippen LogP contribution < -0.4 is 10.2 Å². The van der Waals surface area contributed by atoms with Crippen molar-refractivity contribution in [2.75, 3.05) is 14.2 Å². The van der Waals surface area contributed by atoms with E-state index in [2.05, 4.69) is 84.9 Å². The van der Waals surface area contributed by atoms with Crippen molar-refractivity contribution in [2.45, 2.75) is 12.8 Å². The predicted molar refractivity (Wildman–Crippen MR) is 119 cm³/mol. The Kier molecular flexibility index (Phi) is 9.90. The molecule has 0 fully saturated rings. The topological polar surface area (TPSA) is 46.1 Å². The van der Waals surface area contributed by atoms with Gasteiger partial charge in [-0.1, -0.05) is 70.8 Å². The molecule has 6 rings (SSSR count). The molecule has 4 aromatic rings. The standard InChI is InChI=1S/2C13H9.2CH3O.Ti/c2*1-3-7-12-10(5-1)9-11-6-2-4-8-13(11)12;2*1-2;/h2*1-5,7-8H,9H2;2*1H3;/q4*-1;+4. The summed E-state index contributed by atoms with van der Waals surface area (Å²) in [6.45, 7) is 0. The summed E-state index contributed by atoms with van der Waals surface area (Å²) >= 11 is 0. The quantitative estimate of drug-likeness (QED) is 0.264. The Morgan fingerprint density at radius 1 is 0.516 bits per heavy atom. The van der Waals surface area contributed by atoms with Crippen molar-refractivity contribution in [1.82, 2.24) is 0 Å². The summed E-state index contributed by atoms with van der Waals surface area (Å²) in [6, 6.07) is 36.2. The van der Waals surface area contributed by atoms with Crippen molar-refractivity contribution in [3.8, 4) is 22.3 Å². The van der Waals surface area contributed by atoms with E-state index in [1.54, 1.807) is 0 Å². The minimum atomic E-state index is 0. The molecule has 0 aliphatic heterocycles. The van der Waals surface area contributed by atoms with Crippen molar-refractivity contribution in [1.29, 1.82) is 0 Å². The van der Waals surface area contributed by atoms with Crippen LogP contribution in [0.3, 0.4) is 0 Å². The third kappa shape index (κ3) is 5.41. The molecule has 3 heteroatoms. The van der Waals surface area contributed by atoms with Gasteiger partial charge in [-0.15, -0.1) is 11.1 Å². The van der Waals surface area contributed by atoms with E-state index in [4.69, 9.17) is 10.2 Å². The van der Waals surface area contributed by atoms with E-state index in [0.717, 1.165) is 27.1 Å². The van der Waals surface area contributed by atoms with Crippen molar-refractivity contribution >= 4 is 0 Å². The molecular weight excluding hydrogens is 416 g/mol. The van der Waals surface area contributed by atoms with Gasteiger partial charge >= 0.3 is 21.7 Å². The first-order valence-corrected chi connectivity index (χ1v) is 9.87. The molecule has 4 aromatic carbocycles. The van der Waals surface area contributed by atoms with Crippen molar-refractivity contribution in [2.24, 2.45) is 0 Å². The Bertz CT molecular complexity index is 929. The molecule has 0 atom stereocenters. The molecule has 0 radical (unpaired) electrons. The van der Waals surface area contributed by atoms with Crippen molar-refractivity contribution < 1.29 is 31.9 Å². The van der Waals surface area contributed by atoms with Gasteiger partial charge in [0.05, 0.1) is 0 Å². The monoisotopic (exact) mass is 440 g/mol. The van der Waals surface area contributed by atoms with E-state index >= 15 is 0 Å². The van der Waals surface area contributed by atoms with E-state index in [9.17, 15) is 0 Å². The maximum Gasteiger partial charge on any atom is 4.00 e. The van der Waals surface area contributed by atoms with Crippen LogP contribution in [0.15, 0.2) is 84.9 Å². The maximum atomic E-state index is 8.25. The fourth-order valence-corrected chi connectivity index (χ4v) is 4.00. The zero-order valence-electron chi connectivity index (χ0n) is 17.8. The molecule has 152 valence electrons. The van der Waals surface area contributed by atoms with Crippen molar-refractivity contribution in [3.63, 3.8) is 0 Å². The Hall–Kier alpha value is -2.49. The third-order valence-electron chi connectivity index (χ3n) is 5.23. The molecule has 0 saturated heterocycles. The maximum absolute atomic E-state index is 8.25. The van der Waals surface area contributed by atoms with Crippen LogP contribution in [0.25, 0.3) is 22.3 Å². The van der Waals surface area contributed by atoms with Gasteiger partial charge in [0, 0.05) is 0 Å². The summed E-state index contributed by atoms with van der Waals surface area (Å²) in [5.74, 6) is 0. The van der Waals surface area contributed by atoms with Gasteiger partial charge in [-0.3, -0.25) is 0 Å². The van der Waals surface area contributed by atoms with E-state index < -0.39 is 0 Å². The van der Waals surface area contributed by atoms with E-state index in [0.29, 0.717) is 0 Å². The molecular formula is C28H24O2Ti. The first-order chi connectivity index (χ1) is 14.9. The molecule has 2 aliphatic rings. The van der Waals surface area contributed by atoms with E-state index in [1.165, 1.54) is 44.5 Å². The van der Waals surface area contributed by atoms with Crippen LogP contribution in [0, 0.1) is 12.1 Å². The van der Waals surface area contributed by atoms with Crippen LogP contribution in [0.5, 0.6) is 0 Å². The molecule has 0 amide bonds. The molecule has 0 heterocycles. The van der Waals surface area contributed by atoms with Crippen LogP contribution in [-0.4, -0.2) is 14.2 Å². The summed E-state index contributed by atoms with van der Waals surface area (Å²) in [5.41, 5.74) is 11.0. The minimum Gasteiger partial charge on any atom is -0.857 e. The molecule has 0 spiro atoms. The van der Waals surface area contributed by atoms with Gasteiger partial charge in [0.15, 0.2) is 0 Å². The summed E-state index contributed by atoms with van der Waals surface area (Å²) < 4.78 is 0. The van der Waals surface area contributed by atoms with Gasteiger partial charge < -0.3 is 10.2 Å². The Balaban J connectivity index is 0.000000185. The summed E-state index contributed by atoms with van der Waals surface area (Å²) in [4.78, 5) is 0. The van der Waals surface area contributed by atoms with Crippen LogP contribution in [0.2, 0.25) is 0 Å². The average Bonchev–Trinajstić information content (AvgIpc) is 3.40.